The number of hydrogen-bond donors (Lipinski definition) is 2. The smallest absolute Gasteiger partial charge is 0.328 e. The fraction of sp³-hybridized carbons (Fsp3) is 0.818. The van der Waals surface area contributed by atoms with Crippen molar-refractivity contribution in [3.63, 3.8) is 0 Å². The van der Waals surface area contributed by atoms with E-state index in [-0.39, 0.29) is 13.2 Å². The van der Waals surface area contributed by atoms with Gasteiger partial charge < -0.3 is 15.2 Å². The van der Waals surface area contributed by atoms with Gasteiger partial charge in [0.05, 0.1) is 18.8 Å². The standard InChI is InChI=1S/C11H20N2O6S/c1-19-7-9(11(15)16)12-10(14)8-4-3-5-13(6-8)20(2,17)18/h8-9H,3-7H2,1-2H3,(H,12,14)(H,15,16). The van der Waals surface area contributed by atoms with Gasteiger partial charge in [-0.2, -0.15) is 0 Å². The molecule has 0 saturated carbocycles. The zero-order chi connectivity index (χ0) is 15.3. The summed E-state index contributed by atoms with van der Waals surface area (Å²) < 4.78 is 28.9. The van der Waals surface area contributed by atoms with Crippen molar-refractivity contribution in [1.82, 2.24) is 9.62 Å². The van der Waals surface area contributed by atoms with E-state index >= 15 is 0 Å². The SMILES string of the molecule is COCC(NC(=O)C1CCCN(S(C)(=O)=O)C1)C(=O)O. The molecule has 1 amide bonds. The van der Waals surface area contributed by atoms with Crippen LogP contribution in [0.4, 0.5) is 0 Å². The number of hydrogen-bond acceptors (Lipinski definition) is 5. The van der Waals surface area contributed by atoms with Crippen LogP contribution in [0.1, 0.15) is 12.8 Å². The highest BCUT2D eigenvalue weighted by Crippen LogP contribution is 2.18. The van der Waals surface area contributed by atoms with Crippen LogP contribution in [0.15, 0.2) is 0 Å². The Morgan fingerprint density at radius 2 is 2.15 bits per heavy atom. The third kappa shape index (κ3) is 4.73. The number of nitrogens with one attached hydrogen (secondary N) is 1. The van der Waals surface area contributed by atoms with Crippen molar-refractivity contribution in [1.29, 1.82) is 0 Å². The minimum atomic E-state index is -3.34. The third-order valence-electron chi connectivity index (χ3n) is 3.17. The summed E-state index contributed by atoms with van der Waals surface area (Å²) in [5.41, 5.74) is 0. The van der Waals surface area contributed by atoms with E-state index in [1.54, 1.807) is 0 Å². The second-order valence-corrected chi connectivity index (χ2v) is 6.80. The number of methoxy groups -OCH3 is 1. The van der Waals surface area contributed by atoms with Gasteiger partial charge in [-0.3, -0.25) is 4.79 Å². The van der Waals surface area contributed by atoms with E-state index in [4.69, 9.17) is 9.84 Å². The van der Waals surface area contributed by atoms with E-state index < -0.39 is 33.9 Å². The van der Waals surface area contributed by atoms with Crippen LogP contribution in [0, 0.1) is 5.92 Å². The first-order valence-corrected chi connectivity index (χ1v) is 8.07. The molecule has 116 valence electrons. The van der Waals surface area contributed by atoms with Crippen LogP contribution in [0.2, 0.25) is 0 Å². The van der Waals surface area contributed by atoms with Gasteiger partial charge in [0.15, 0.2) is 6.04 Å². The monoisotopic (exact) mass is 308 g/mol. The number of carbonyl (C=O) groups is 2. The van der Waals surface area contributed by atoms with E-state index in [1.807, 2.05) is 0 Å². The molecule has 2 N–H and O–H groups in total. The van der Waals surface area contributed by atoms with Gasteiger partial charge in [-0.05, 0) is 12.8 Å². The molecule has 0 spiro atoms. The highest BCUT2D eigenvalue weighted by atomic mass is 32.2. The van der Waals surface area contributed by atoms with Crippen LogP contribution in [-0.4, -0.2) is 68.8 Å². The minimum absolute atomic E-state index is 0.0873. The zero-order valence-corrected chi connectivity index (χ0v) is 12.4. The molecule has 9 heteroatoms. The largest absolute Gasteiger partial charge is 0.480 e. The van der Waals surface area contributed by atoms with Crippen molar-refractivity contribution in [3.8, 4) is 0 Å². The van der Waals surface area contributed by atoms with E-state index in [1.165, 1.54) is 11.4 Å². The van der Waals surface area contributed by atoms with Crippen molar-refractivity contribution in [3.05, 3.63) is 0 Å². The third-order valence-corrected chi connectivity index (χ3v) is 4.44. The lowest BCUT2D eigenvalue weighted by Crippen LogP contribution is -2.50. The van der Waals surface area contributed by atoms with Crippen LogP contribution >= 0.6 is 0 Å². The normalized spacial score (nSPS) is 22.2. The first-order chi connectivity index (χ1) is 9.25. The molecule has 0 aromatic rings. The van der Waals surface area contributed by atoms with Gasteiger partial charge in [0.2, 0.25) is 15.9 Å². The number of carboxylic acid groups (broad SMARTS) is 1. The van der Waals surface area contributed by atoms with E-state index in [9.17, 15) is 18.0 Å². The summed E-state index contributed by atoms with van der Waals surface area (Å²) in [6.45, 7) is 0.344. The molecule has 2 unspecified atom stereocenters. The Hall–Kier alpha value is -1.19. The number of aliphatic carboxylic acids is 1. The Labute approximate surface area is 118 Å². The van der Waals surface area contributed by atoms with Crippen molar-refractivity contribution in [2.75, 3.05) is 33.1 Å². The molecule has 1 fully saturated rings. The Balaban J connectivity index is 2.65. The number of ether oxygens (including phenoxy) is 1. The molecule has 0 aromatic carbocycles. The molecule has 20 heavy (non-hydrogen) atoms. The molecule has 0 aromatic heterocycles. The highest BCUT2D eigenvalue weighted by molar-refractivity contribution is 7.88. The van der Waals surface area contributed by atoms with E-state index in [0.29, 0.717) is 19.4 Å². The Kier molecular flexibility index (Phi) is 5.90. The number of carbonyl (C=O) groups excluding carboxylic acids is 1. The molecule has 1 saturated heterocycles. The van der Waals surface area contributed by atoms with Crippen LogP contribution in [0.5, 0.6) is 0 Å². The zero-order valence-electron chi connectivity index (χ0n) is 11.5. The second-order valence-electron chi connectivity index (χ2n) is 4.81. The van der Waals surface area contributed by atoms with Crippen molar-refractivity contribution < 1.29 is 27.9 Å². The van der Waals surface area contributed by atoms with E-state index in [0.717, 1.165) is 6.26 Å². The van der Waals surface area contributed by atoms with Gasteiger partial charge in [0, 0.05) is 20.2 Å². The molecule has 0 aliphatic carbocycles. The predicted molar refractivity (Wildman–Crippen MR) is 70.6 cm³/mol. The average molecular weight is 308 g/mol. The Morgan fingerprint density at radius 1 is 1.50 bits per heavy atom. The topological polar surface area (TPSA) is 113 Å². The Bertz CT molecular complexity index is 464. The first-order valence-electron chi connectivity index (χ1n) is 6.23. The number of piperidine rings is 1. The molecule has 1 aliphatic rings. The van der Waals surface area contributed by atoms with Gasteiger partial charge >= 0.3 is 5.97 Å². The van der Waals surface area contributed by atoms with Crippen LogP contribution < -0.4 is 5.32 Å². The molecule has 1 rings (SSSR count). The van der Waals surface area contributed by atoms with Gasteiger partial charge in [-0.1, -0.05) is 0 Å². The van der Waals surface area contributed by atoms with Gasteiger partial charge in [-0.25, -0.2) is 17.5 Å². The Morgan fingerprint density at radius 3 is 2.65 bits per heavy atom. The summed E-state index contributed by atoms with van der Waals surface area (Å²) in [4.78, 5) is 22.9. The van der Waals surface area contributed by atoms with Gasteiger partial charge in [-0.15, -0.1) is 0 Å². The van der Waals surface area contributed by atoms with Crippen molar-refractivity contribution >= 4 is 21.9 Å². The molecule has 8 nitrogen and oxygen atoms in total. The number of nitrogens with zero attached hydrogens (tertiary/aromatic N) is 1. The predicted octanol–water partition coefficient (Wildman–Crippen LogP) is -1.13. The number of sulfonamides is 1. The minimum Gasteiger partial charge on any atom is -0.480 e. The van der Waals surface area contributed by atoms with Crippen molar-refractivity contribution in [2.45, 2.75) is 18.9 Å². The summed E-state index contributed by atoms with van der Waals surface area (Å²) in [5.74, 6) is -2.17. The lowest BCUT2D eigenvalue weighted by molar-refractivity contribution is -0.144. The lowest BCUT2D eigenvalue weighted by Gasteiger charge is -2.30. The van der Waals surface area contributed by atoms with Crippen molar-refractivity contribution in [2.24, 2.45) is 5.92 Å². The highest BCUT2D eigenvalue weighted by Gasteiger charge is 2.32. The van der Waals surface area contributed by atoms with Gasteiger partial charge in [0.1, 0.15) is 0 Å². The van der Waals surface area contributed by atoms with E-state index in [2.05, 4.69) is 5.32 Å². The first kappa shape index (κ1) is 16.9. The molecular formula is C11H20N2O6S. The maximum absolute atomic E-state index is 12.0. The fourth-order valence-electron chi connectivity index (χ4n) is 2.09. The molecule has 1 aliphatic heterocycles. The molecule has 0 radical (unpaired) electrons. The fourth-order valence-corrected chi connectivity index (χ4v) is 3.00. The number of carboxylic acids is 1. The van der Waals surface area contributed by atoms with Crippen LogP contribution in [0.3, 0.4) is 0 Å². The average Bonchev–Trinajstić information content (AvgIpc) is 2.37. The lowest BCUT2D eigenvalue weighted by atomic mass is 9.98. The molecule has 2 atom stereocenters. The summed E-state index contributed by atoms with van der Waals surface area (Å²) >= 11 is 0. The second kappa shape index (κ2) is 7.00. The van der Waals surface area contributed by atoms with Crippen LogP contribution in [0.25, 0.3) is 0 Å². The maximum Gasteiger partial charge on any atom is 0.328 e. The van der Waals surface area contributed by atoms with Gasteiger partial charge in [0.25, 0.3) is 0 Å². The summed E-state index contributed by atoms with van der Waals surface area (Å²) in [6.07, 6.45) is 2.21. The molecular weight excluding hydrogens is 288 g/mol. The summed E-state index contributed by atoms with van der Waals surface area (Å²) in [7, 11) is -1.99. The summed E-state index contributed by atoms with van der Waals surface area (Å²) in [6, 6.07) is -1.12. The summed E-state index contributed by atoms with van der Waals surface area (Å²) in [5, 5.41) is 11.3. The molecule has 0 bridgehead atoms. The number of amides is 1. The number of rotatable bonds is 6. The molecule has 1 heterocycles. The maximum atomic E-state index is 12.0. The van der Waals surface area contributed by atoms with Crippen LogP contribution in [-0.2, 0) is 24.3 Å². The quantitative estimate of drug-likeness (QED) is 0.642.